The molecule has 1 unspecified atom stereocenters. The largest absolute Gasteiger partial charge is 0.395 e. The number of benzene rings is 1. The number of halogens is 1. The van der Waals surface area contributed by atoms with Gasteiger partial charge in [-0.2, -0.15) is 0 Å². The van der Waals surface area contributed by atoms with Crippen LogP contribution in [0.5, 0.6) is 0 Å². The third-order valence-corrected chi connectivity index (χ3v) is 2.84. The van der Waals surface area contributed by atoms with E-state index < -0.39 is 0 Å². The Morgan fingerprint density at radius 3 is 2.76 bits per heavy atom. The zero-order valence-corrected chi connectivity index (χ0v) is 10.7. The maximum atomic E-state index is 11.7. The fourth-order valence-electron chi connectivity index (χ4n) is 1.45. The summed E-state index contributed by atoms with van der Waals surface area (Å²) in [6, 6.07) is 6.99. The molecule has 0 aliphatic heterocycles. The third kappa shape index (κ3) is 3.91. The molecule has 0 heterocycles. The molecule has 94 valence electrons. The number of rotatable bonds is 4. The highest BCUT2D eigenvalue weighted by Crippen LogP contribution is 2.22. The lowest BCUT2D eigenvalue weighted by Gasteiger charge is -2.21. The SMILES string of the molecule is CC(NC(=O)N(C)CCO)c1ccccc1Cl. The number of urea groups is 1. The van der Waals surface area contributed by atoms with Crippen LogP contribution in [0.4, 0.5) is 4.79 Å². The first-order valence-corrected chi connectivity index (χ1v) is 5.81. The predicted octanol–water partition coefficient (Wildman–Crippen LogP) is 2.03. The summed E-state index contributed by atoms with van der Waals surface area (Å²) in [6.45, 7) is 2.12. The molecule has 0 aromatic heterocycles. The van der Waals surface area contributed by atoms with E-state index in [1.807, 2.05) is 25.1 Å². The summed E-state index contributed by atoms with van der Waals surface area (Å²) in [5, 5.41) is 12.2. The van der Waals surface area contributed by atoms with Gasteiger partial charge in [0, 0.05) is 18.6 Å². The van der Waals surface area contributed by atoms with Crippen molar-refractivity contribution in [1.29, 1.82) is 0 Å². The molecule has 1 atom stereocenters. The molecule has 2 N–H and O–H groups in total. The predicted molar refractivity (Wildman–Crippen MR) is 68.1 cm³/mol. The topological polar surface area (TPSA) is 52.6 Å². The molecule has 0 spiro atoms. The van der Waals surface area contributed by atoms with Gasteiger partial charge in [-0.25, -0.2) is 4.79 Å². The van der Waals surface area contributed by atoms with Crippen LogP contribution < -0.4 is 5.32 Å². The monoisotopic (exact) mass is 256 g/mol. The molecular formula is C12H17ClN2O2. The first-order valence-electron chi connectivity index (χ1n) is 5.43. The average molecular weight is 257 g/mol. The molecule has 0 bridgehead atoms. The van der Waals surface area contributed by atoms with Crippen LogP contribution in [-0.2, 0) is 0 Å². The fraction of sp³-hybridized carbons (Fsp3) is 0.417. The van der Waals surface area contributed by atoms with Crippen LogP contribution in [0, 0.1) is 0 Å². The second kappa shape index (κ2) is 6.47. The molecule has 5 heteroatoms. The number of amides is 2. The maximum Gasteiger partial charge on any atom is 0.317 e. The number of aliphatic hydroxyl groups is 1. The van der Waals surface area contributed by atoms with Crippen LogP contribution in [0.2, 0.25) is 5.02 Å². The highest BCUT2D eigenvalue weighted by Gasteiger charge is 2.14. The number of carbonyl (C=O) groups excluding carboxylic acids is 1. The molecule has 0 radical (unpaired) electrons. The Hall–Kier alpha value is -1.26. The Balaban J connectivity index is 2.63. The lowest BCUT2D eigenvalue weighted by molar-refractivity contribution is 0.188. The molecule has 4 nitrogen and oxygen atoms in total. The molecule has 0 aliphatic rings. The van der Waals surface area contributed by atoms with Gasteiger partial charge in [0.2, 0.25) is 0 Å². The van der Waals surface area contributed by atoms with E-state index in [1.54, 1.807) is 13.1 Å². The van der Waals surface area contributed by atoms with Crippen LogP contribution in [0.25, 0.3) is 0 Å². The third-order valence-electron chi connectivity index (χ3n) is 2.49. The van der Waals surface area contributed by atoms with Gasteiger partial charge in [0.1, 0.15) is 0 Å². The molecule has 1 rings (SSSR count). The van der Waals surface area contributed by atoms with E-state index in [-0.39, 0.29) is 18.7 Å². The van der Waals surface area contributed by atoms with E-state index >= 15 is 0 Å². The highest BCUT2D eigenvalue weighted by atomic mass is 35.5. The molecule has 17 heavy (non-hydrogen) atoms. The lowest BCUT2D eigenvalue weighted by atomic mass is 10.1. The van der Waals surface area contributed by atoms with Crippen molar-refractivity contribution in [2.45, 2.75) is 13.0 Å². The second-order valence-corrected chi connectivity index (χ2v) is 4.25. The van der Waals surface area contributed by atoms with Crippen molar-refractivity contribution < 1.29 is 9.90 Å². The highest BCUT2D eigenvalue weighted by molar-refractivity contribution is 6.31. The maximum absolute atomic E-state index is 11.7. The van der Waals surface area contributed by atoms with Crippen molar-refractivity contribution in [3.8, 4) is 0 Å². The van der Waals surface area contributed by atoms with Gasteiger partial charge in [-0.3, -0.25) is 0 Å². The van der Waals surface area contributed by atoms with Gasteiger partial charge >= 0.3 is 6.03 Å². The van der Waals surface area contributed by atoms with Crippen molar-refractivity contribution in [3.05, 3.63) is 34.9 Å². The quantitative estimate of drug-likeness (QED) is 0.866. The standard InChI is InChI=1S/C12H17ClN2O2/c1-9(10-5-3-4-6-11(10)13)14-12(17)15(2)7-8-16/h3-6,9,16H,7-8H2,1-2H3,(H,14,17). The number of likely N-dealkylation sites (N-methyl/N-ethyl adjacent to an activating group) is 1. The zero-order chi connectivity index (χ0) is 12.8. The molecule has 0 saturated heterocycles. The molecule has 1 aromatic rings. The van der Waals surface area contributed by atoms with Gasteiger partial charge in [0.25, 0.3) is 0 Å². The Labute approximate surface area is 106 Å². The summed E-state index contributed by atoms with van der Waals surface area (Å²) in [5.74, 6) is 0. The van der Waals surface area contributed by atoms with E-state index in [4.69, 9.17) is 16.7 Å². The van der Waals surface area contributed by atoms with Crippen LogP contribution in [0.1, 0.15) is 18.5 Å². The molecular weight excluding hydrogens is 240 g/mol. The number of hydrogen-bond acceptors (Lipinski definition) is 2. The Morgan fingerprint density at radius 1 is 1.53 bits per heavy atom. The minimum absolute atomic E-state index is 0.0512. The molecule has 0 aliphatic carbocycles. The van der Waals surface area contributed by atoms with Gasteiger partial charge in [0.05, 0.1) is 12.6 Å². The summed E-state index contributed by atoms with van der Waals surface area (Å²) < 4.78 is 0. The number of nitrogens with zero attached hydrogens (tertiary/aromatic N) is 1. The van der Waals surface area contributed by atoms with Crippen molar-refractivity contribution >= 4 is 17.6 Å². The molecule has 0 fully saturated rings. The van der Waals surface area contributed by atoms with Crippen LogP contribution in [0.3, 0.4) is 0 Å². The van der Waals surface area contributed by atoms with E-state index in [0.29, 0.717) is 11.6 Å². The van der Waals surface area contributed by atoms with Gasteiger partial charge in [-0.15, -0.1) is 0 Å². The summed E-state index contributed by atoms with van der Waals surface area (Å²) in [6.07, 6.45) is 0. The van der Waals surface area contributed by atoms with Gasteiger partial charge in [-0.1, -0.05) is 29.8 Å². The number of carbonyl (C=O) groups is 1. The van der Waals surface area contributed by atoms with E-state index in [2.05, 4.69) is 5.32 Å². The van der Waals surface area contributed by atoms with E-state index in [9.17, 15) is 4.79 Å². The number of hydrogen-bond donors (Lipinski definition) is 2. The van der Waals surface area contributed by atoms with E-state index in [0.717, 1.165) is 5.56 Å². The number of aliphatic hydroxyl groups excluding tert-OH is 1. The normalized spacial score (nSPS) is 12.0. The first kappa shape index (κ1) is 13.8. The first-order chi connectivity index (χ1) is 8.06. The van der Waals surface area contributed by atoms with Crippen molar-refractivity contribution in [2.75, 3.05) is 20.2 Å². The van der Waals surface area contributed by atoms with Gasteiger partial charge < -0.3 is 15.3 Å². The Morgan fingerprint density at radius 2 is 2.18 bits per heavy atom. The van der Waals surface area contributed by atoms with E-state index in [1.165, 1.54) is 4.90 Å². The molecule has 0 saturated carbocycles. The Kier molecular flexibility index (Phi) is 5.25. The zero-order valence-electron chi connectivity index (χ0n) is 9.98. The summed E-state index contributed by atoms with van der Waals surface area (Å²) in [7, 11) is 1.63. The lowest BCUT2D eigenvalue weighted by Crippen LogP contribution is -2.39. The van der Waals surface area contributed by atoms with Crippen molar-refractivity contribution in [3.63, 3.8) is 0 Å². The second-order valence-electron chi connectivity index (χ2n) is 3.84. The minimum atomic E-state index is -0.230. The molecule has 1 aromatic carbocycles. The number of nitrogens with one attached hydrogen (secondary N) is 1. The fourth-order valence-corrected chi connectivity index (χ4v) is 1.75. The Bertz CT molecular complexity index is 385. The molecule has 2 amide bonds. The van der Waals surface area contributed by atoms with Crippen molar-refractivity contribution in [1.82, 2.24) is 10.2 Å². The van der Waals surface area contributed by atoms with Crippen molar-refractivity contribution in [2.24, 2.45) is 0 Å². The smallest absolute Gasteiger partial charge is 0.317 e. The van der Waals surface area contributed by atoms with Gasteiger partial charge in [0.15, 0.2) is 0 Å². The summed E-state index contributed by atoms with van der Waals surface area (Å²) in [4.78, 5) is 13.1. The van der Waals surface area contributed by atoms with Crippen LogP contribution >= 0.6 is 11.6 Å². The summed E-state index contributed by atoms with van der Waals surface area (Å²) in [5.41, 5.74) is 0.875. The minimum Gasteiger partial charge on any atom is -0.395 e. The van der Waals surface area contributed by atoms with Crippen LogP contribution in [-0.4, -0.2) is 36.2 Å². The van der Waals surface area contributed by atoms with Crippen LogP contribution in [0.15, 0.2) is 24.3 Å². The summed E-state index contributed by atoms with van der Waals surface area (Å²) >= 11 is 6.04. The average Bonchev–Trinajstić information content (AvgIpc) is 2.29. The van der Waals surface area contributed by atoms with Gasteiger partial charge in [-0.05, 0) is 18.6 Å².